The minimum Gasteiger partial charge on any atom is -0.358 e. The van der Waals surface area contributed by atoms with E-state index in [4.69, 9.17) is 0 Å². The molecule has 0 spiro atoms. The number of nitrogens with one attached hydrogen (secondary N) is 1. The zero-order chi connectivity index (χ0) is 18.3. The van der Waals surface area contributed by atoms with Gasteiger partial charge in [-0.25, -0.2) is 0 Å². The van der Waals surface area contributed by atoms with Crippen LogP contribution in [0.3, 0.4) is 0 Å². The van der Waals surface area contributed by atoms with Crippen LogP contribution in [0.25, 0.3) is 10.9 Å². The zero-order valence-corrected chi connectivity index (χ0v) is 15.8. The molecule has 0 atom stereocenters. The quantitative estimate of drug-likeness (QED) is 0.706. The number of H-pyrrole nitrogens is 1. The van der Waals surface area contributed by atoms with Crippen molar-refractivity contribution in [2.24, 2.45) is 0 Å². The van der Waals surface area contributed by atoms with Crippen LogP contribution in [0.1, 0.15) is 40.8 Å². The first kappa shape index (κ1) is 16.9. The number of aromatic nitrogens is 1. The van der Waals surface area contributed by atoms with Crippen molar-refractivity contribution in [2.75, 3.05) is 0 Å². The molecular weight excluding hydrogens is 320 g/mol. The van der Waals surface area contributed by atoms with Crippen LogP contribution in [-0.4, -0.2) is 21.8 Å². The number of amides is 1. The Hall–Kier alpha value is -2.55. The third-order valence-electron chi connectivity index (χ3n) is 5.38. The smallest absolute Gasteiger partial charge is 0.227 e. The molecule has 3 heteroatoms. The number of hydrogen-bond donors (Lipinski definition) is 1. The Labute approximate surface area is 155 Å². The number of fused-ring (bicyclic) bond motifs is 1. The van der Waals surface area contributed by atoms with Gasteiger partial charge in [0, 0.05) is 29.2 Å². The first-order valence-electron chi connectivity index (χ1n) is 9.44. The van der Waals surface area contributed by atoms with Crippen molar-refractivity contribution in [3.8, 4) is 0 Å². The summed E-state index contributed by atoms with van der Waals surface area (Å²) >= 11 is 0. The van der Waals surface area contributed by atoms with Gasteiger partial charge in [-0.1, -0.05) is 41.5 Å². The molecule has 3 aromatic rings. The summed E-state index contributed by atoms with van der Waals surface area (Å²) in [7, 11) is 0. The van der Waals surface area contributed by atoms with Crippen molar-refractivity contribution in [1.82, 2.24) is 9.88 Å². The van der Waals surface area contributed by atoms with Crippen molar-refractivity contribution in [2.45, 2.75) is 52.6 Å². The van der Waals surface area contributed by atoms with Gasteiger partial charge in [-0.05, 0) is 56.9 Å². The van der Waals surface area contributed by atoms with E-state index in [0.29, 0.717) is 19.0 Å². The van der Waals surface area contributed by atoms with Crippen molar-refractivity contribution in [1.29, 1.82) is 0 Å². The number of aromatic amines is 1. The molecule has 3 nitrogen and oxygen atoms in total. The Balaban J connectivity index is 1.58. The van der Waals surface area contributed by atoms with Crippen LogP contribution in [0.2, 0.25) is 0 Å². The number of hydrogen-bond acceptors (Lipinski definition) is 1. The predicted octanol–water partition coefficient (Wildman–Crippen LogP) is 4.83. The summed E-state index contributed by atoms with van der Waals surface area (Å²) in [5, 5.41) is 1.18. The molecule has 1 heterocycles. The van der Waals surface area contributed by atoms with Gasteiger partial charge in [0.1, 0.15) is 0 Å². The van der Waals surface area contributed by atoms with E-state index in [1.54, 1.807) is 0 Å². The Morgan fingerprint density at radius 3 is 2.42 bits per heavy atom. The molecule has 1 fully saturated rings. The summed E-state index contributed by atoms with van der Waals surface area (Å²) in [4.78, 5) is 18.7. The normalized spacial score (nSPS) is 14.0. The SMILES string of the molecule is Cc1ccc(CN(C(=O)Cc2c(C)[nH]c3ccc(C)cc23)C2CC2)cc1. The van der Waals surface area contributed by atoms with Crippen LogP contribution in [0.15, 0.2) is 42.5 Å². The predicted molar refractivity (Wildman–Crippen MR) is 106 cm³/mol. The van der Waals surface area contributed by atoms with E-state index >= 15 is 0 Å². The highest BCUT2D eigenvalue weighted by Gasteiger charge is 2.32. The van der Waals surface area contributed by atoms with Crippen LogP contribution in [0.5, 0.6) is 0 Å². The second-order valence-electron chi connectivity index (χ2n) is 7.69. The second-order valence-corrected chi connectivity index (χ2v) is 7.69. The lowest BCUT2D eigenvalue weighted by molar-refractivity contribution is -0.131. The van der Waals surface area contributed by atoms with Gasteiger partial charge in [0.15, 0.2) is 0 Å². The van der Waals surface area contributed by atoms with Gasteiger partial charge in [-0.15, -0.1) is 0 Å². The molecule has 1 aromatic heterocycles. The number of benzene rings is 2. The molecule has 0 bridgehead atoms. The number of carbonyl (C=O) groups excluding carboxylic acids is 1. The summed E-state index contributed by atoms with van der Waals surface area (Å²) in [6.45, 7) is 6.97. The molecule has 1 amide bonds. The highest BCUT2D eigenvalue weighted by molar-refractivity contribution is 5.90. The van der Waals surface area contributed by atoms with Crippen molar-refractivity contribution in [3.05, 3.63) is 70.4 Å². The number of aryl methyl sites for hydroxylation is 3. The van der Waals surface area contributed by atoms with Gasteiger partial charge in [0.2, 0.25) is 5.91 Å². The molecule has 0 radical (unpaired) electrons. The highest BCUT2D eigenvalue weighted by Crippen LogP contribution is 2.30. The van der Waals surface area contributed by atoms with E-state index in [1.807, 2.05) is 0 Å². The number of rotatable bonds is 5. The maximum absolute atomic E-state index is 13.2. The minimum atomic E-state index is 0.235. The molecule has 0 aliphatic heterocycles. The van der Waals surface area contributed by atoms with Gasteiger partial charge >= 0.3 is 0 Å². The van der Waals surface area contributed by atoms with E-state index in [-0.39, 0.29) is 5.91 Å². The third kappa shape index (κ3) is 3.39. The molecule has 1 N–H and O–H groups in total. The Morgan fingerprint density at radius 2 is 1.73 bits per heavy atom. The molecule has 26 heavy (non-hydrogen) atoms. The van der Waals surface area contributed by atoms with E-state index in [9.17, 15) is 4.79 Å². The van der Waals surface area contributed by atoms with Crippen molar-refractivity contribution >= 4 is 16.8 Å². The molecule has 1 aliphatic rings. The maximum atomic E-state index is 13.2. The lowest BCUT2D eigenvalue weighted by Crippen LogP contribution is -2.33. The molecule has 2 aromatic carbocycles. The van der Waals surface area contributed by atoms with Crippen molar-refractivity contribution < 1.29 is 4.79 Å². The summed E-state index contributed by atoms with van der Waals surface area (Å²) in [6.07, 6.45) is 2.73. The van der Waals surface area contributed by atoms with Crippen LogP contribution >= 0.6 is 0 Å². The van der Waals surface area contributed by atoms with E-state index in [2.05, 4.69) is 73.1 Å². The first-order chi connectivity index (χ1) is 12.5. The Kier molecular flexibility index (Phi) is 4.31. The fourth-order valence-corrected chi connectivity index (χ4v) is 3.67. The monoisotopic (exact) mass is 346 g/mol. The average molecular weight is 346 g/mol. The van der Waals surface area contributed by atoms with Crippen LogP contribution in [-0.2, 0) is 17.8 Å². The van der Waals surface area contributed by atoms with Gasteiger partial charge in [0.25, 0.3) is 0 Å². The maximum Gasteiger partial charge on any atom is 0.227 e. The average Bonchev–Trinajstić information content (AvgIpc) is 3.41. The molecule has 0 saturated heterocycles. The first-order valence-corrected chi connectivity index (χ1v) is 9.44. The molecular formula is C23H26N2O. The lowest BCUT2D eigenvalue weighted by Gasteiger charge is -2.23. The summed E-state index contributed by atoms with van der Waals surface area (Å²) in [5.74, 6) is 0.235. The summed E-state index contributed by atoms with van der Waals surface area (Å²) < 4.78 is 0. The largest absolute Gasteiger partial charge is 0.358 e. The highest BCUT2D eigenvalue weighted by atomic mass is 16.2. The van der Waals surface area contributed by atoms with Gasteiger partial charge < -0.3 is 9.88 Å². The van der Waals surface area contributed by atoms with Crippen LogP contribution in [0, 0.1) is 20.8 Å². The Bertz CT molecular complexity index is 948. The number of carbonyl (C=O) groups is 1. The molecule has 134 valence electrons. The lowest BCUT2D eigenvalue weighted by atomic mass is 10.0. The number of nitrogens with zero attached hydrogens (tertiary/aromatic N) is 1. The third-order valence-corrected chi connectivity index (χ3v) is 5.38. The standard InChI is InChI=1S/C23H26N2O/c1-15-4-7-18(8-5-15)14-25(19-9-10-19)23(26)13-20-17(3)24-22-11-6-16(2)12-21(20)22/h4-8,11-12,19,24H,9-10,13-14H2,1-3H3. The van der Waals surface area contributed by atoms with Gasteiger partial charge in [-0.3, -0.25) is 4.79 Å². The van der Waals surface area contributed by atoms with E-state index in [1.165, 1.54) is 22.1 Å². The molecule has 4 rings (SSSR count). The van der Waals surface area contributed by atoms with E-state index in [0.717, 1.165) is 29.6 Å². The zero-order valence-electron chi connectivity index (χ0n) is 15.8. The summed E-state index contributed by atoms with van der Waals surface area (Å²) in [6, 6.07) is 15.3. The van der Waals surface area contributed by atoms with Gasteiger partial charge in [0.05, 0.1) is 6.42 Å². The summed E-state index contributed by atoms with van der Waals surface area (Å²) in [5.41, 5.74) is 7.05. The van der Waals surface area contributed by atoms with Crippen molar-refractivity contribution in [3.63, 3.8) is 0 Å². The molecule has 1 aliphatic carbocycles. The van der Waals surface area contributed by atoms with Gasteiger partial charge in [-0.2, -0.15) is 0 Å². The fraction of sp³-hybridized carbons (Fsp3) is 0.348. The second kappa shape index (κ2) is 6.64. The van der Waals surface area contributed by atoms with Crippen LogP contribution < -0.4 is 0 Å². The minimum absolute atomic E-state index is 0.235. The van der Waals surface area contributed by atoms with E-state index < -0.39 is 0 Å². The molecule has 0 unspecified atom stereocenters. The molecule has 1 saturated carbocycles. The fourth-order valence-electron chi connectivity index (χ4n) is 3.67. The topological polar surface area (TPSA) is 36.1 Å². The Morgan fingerprint density at radius 1 is 1.04 bits per heavy atom. The van der Waals surface area contributed by atoms with Crippen LogP contribution in [0.4, 0.5) is 0 Å².